The van der Waals surface area contributed by atoms with Crippen LogP contribution < -0.4 is 0 Å². The maximum Gasteiger partial charge on any atom is 0.303 e. The summed E-state index contributed by atoms with van der Waals surface area (Å²) in [4.78, 5) is 38.8. The molecular weight excluding hydrogens is 474 g/mol. The van der Waals surface area contributed by atoms with E-state index in [9.17, 15) is 19.5 Å². The highest BCUT2D eigenvalue weighted by molar-refractivity contribution is 6.06. The van der Waals surface area contributed by atoms with Crippen molar-refractivity contribution in [1.82, 2.24) is 4.90 Å². The summed E-state index contributed by atoms with van der Waals surface area (Å²) >= 11 is 0. The fourth-order valence-electron chi connectivity index (χ4n) is 6.09. The number of methoxy groups -OCH3 is 1. The molecule has 3 aliphatic rings. The van der Waals surface area contributed by atoms with Crippen LogP contribution in [0.4, 0.5) is 0 Å². The quantitative estimate of drug-likeness (QED) is 0.246. The van der Waals surface area contributed by atoms with Crippen LogP contribution in [0.2, 0.25) is 0 Å². The number of phenolic OH excluding ortho intramolecular Hbond substituents is 1. The number of phenols is 1. The zero-order valence-electron chi connectivity index (χ0n) is 21.7. The van der Waals surface area contributed by atoms with Crippen molar-refractivity contribution in [3.8, 4) is 5.75 Å². The molecule has 0 radical (unpaired) electrons. The van der Waals surface area contributed by atoms with Gasteiger partial charge in [0.2, 0.25) is 11.8 Å². The molecule has 2 fully saturated rings. The van der Waals surface area contributed by atoms with E-state index in [1.807, 2.05) is 25.1 Å². The number of likely N-dealkylation sites (tertiary alicyclic amines) is 1. The zero-order chi connectivity index (χ0) is 26.5. The molecule has 0 saturated carbocycles. The molecule has 8 nitrogen and oxygen atoms in total. The molecule has 0 aromatic heterocycles. The summed E-state index contributed by atoms with van der Waals surface area (Å²) in [5.74, 6) is -1.72. The molecule has 2 saturated heterocycles. The highest BCUT2D eigenvalue weighted by atomic mass is 16.5. The maximum atomic E-state index is 13.4. The van der Waals surface area contributed by atoms with Gasteiger partial charge < -0.3 is 19.7 Å². The van der Waals surface area contributed by atoms with E-state index < -0.39 is 11.9 Å². The Morgan fingerprint density at radius 3 is 2.65 bits per heavy atom. The number of amides is 2. The van der Waals surface area contributed by atoms with E-state index in [0.29, 0.717) is 45.4 Å². The molecule has 0 spiro atoms. The summed E-state index contributed by atoms with van der Waals surface area (Å²) in [5, 5.41) is 18.9. The van der Waals surface area contributed by atoms with Gasteiger partial charge in [-0.2, -0.15) is 0 Å². The van der Waals surface area contributed by atoms with Gasteiger partial charge in [0.05, 0.1) is 31.2 Å². The summed E-state index contributed by atoms with van der Waals surface area (Å²) < 4.78 is 11.7. The lowest BCUT2D eigenvalue weighted by Crippen LogP contribution is -2.35. The Kier molecular flexibility index (Phi) is 8.82. The Morgan fingerprint density at radius 1 is 1.14 bits per heavy atom. The number of fused-ring (bicyclic) bond motifs is 3. The molecule has 200 valence electrons. The van der Waals surface area contributed by atoms with Gasteiger partial charge in [0.15, 0.2) is 0 Å². The number of hydrogen-bond acceptors (Lipinski definition) is 6. The van der Waals surface area contributed by atoms with Crippen LogP contribution in [0.1, 0.15) is 57.4 Å². The SMILES string of the molecule is COCC1=C2[C@@H](CC/C(C)=C/c3ccccc3O)OC[C@@H]2[C@@H]2C(=O)N(CCCCCC(=O)O)C(=O)[C@@H]2C1. The summed E-state index contributed by atoms with van der Waals surface area (Å²) in [7, 11) is 1.64. The number of benzene rings is 1. The van der Waals surface area contributed by atoms with Gasteiger partial charge in [0.25, 0.3) is 0 Å². The highest BCUT2D eigenvalue weighted by Crippen LogP contribution is 2.50. The average molecular weight is 512 g/mol. The number of ether oxygens (including phenoxy) is 2. The van der Waals surface area contributed by atoms with Crippen LogP contribution in [0.15, 0.2) is 41.0 Å². The van der Waals surface area contributed by atoms with Gasteiger partial charge in [-0.1, -0.05) is 36.3 Å². The predicted octanol–water partition coefficient (Wildman–Crippen LogP) is 4.18. The number of carbonyl (C=O) groups excluding carboxylic acids is 2. The number of hydrogen-bond donors (Lipinski definition) is 2. The topological polar surface area (TPSA) is 113 Å². The van der Waals surface area contributed by atoms with Crippen LogP contribution in [-0.4, -0.2) is 65.9 Å². The van der Waals surface area contributed by atoms with Crippen LogP contribution in [0.25, 0.3) is 6.08 Å². The molecule has 37 heavy (non-hydrogen) atoms. The molecule has 1 aromatic carbocycles. The first kappa shape index (κ1) is 27.1. The largest absolute Gasteiger partial charge is 0.507 e. The van der Waals surface area contributed by atoms with Gasteiger partial charge in [-0.3, -0.25) is 19.3 Å². The minimum Gasteiger partial charge on any atom is -0.507 e. The molecule has 2 aliphatic heterocycles. The first-order valence-electron chi connectivity index (χ1n) is 13.2. The lowest BCUT2D eigenvalue weighted by molar-refractivity contribution is -0.141. The van der Waals surface area contributed by atoms with Crippen molar-refractivity contribution in [3.05, 3.63) is 46.5 Å². The molecular formula is C29H37NO7. The van der Waals surface area contributed by atoms with Crippen molar-refractivity contribution in [1.29, 1.82) is 0 Å². The number of nitrogens with zero attached hydrogens (tertiary/aromatic N) is 1. The molecule has 4 rings (SSSR count). The van der Waals surface area contributed by atoms with Crippen LogP contribution in [-0.2, 0) is 23.9 Å². The van der Waals surface area contributed by atoms with Gasteiger partial charge >= 0.3 is 5.97 Å². The number of imide groups is 1. The number of carbonyl (C=O) groups is 3. The van der Waals surface area contributed by atoms with Gasteiger partial charge in [-0.25, -0.2) is 0 Å². The Morgan fingerprint density at radius 2 is 1.92 bits per heavy atom. The van der Waals surface area contributed by atoms with E-state index in [4.69, 9.17) is 14.6 Å². The average Bonchev–Trinajstić information content (AvgIpc) is 3.38. The van der Waals surface area contributed by atoms with Gasteiger partial charge in [-0.05, 0) is 56.2 Å². The Labute approximate surface area is 217 Å². The Bertz CT molecular complexity index is 1090. The van der Waals surface area contributed by atoms with Gasteiger partial charge in [0, 0.05) is 31.6 Å². The van der Waals surface area contributed by atoms with Crippen molar-refractivity contribution in [2.45, 2.75) is 58.0 Å². The Hall–Kier alpha value is -2.97. The minimum atomic E-state index is -0.830. The summed E-state index contributed by atoms with van der Waals surface area (Å²) in [5.41, 5.74) is 4.10. The third-order valence-electron chi connectivity index (χ3n) is 7.83. The van der Waals surface area contributed by atoms with Crippen LogP contribution >= 0.6 is 0 Å². The summed E-state index contributed by atoms with van der Waals surface area (Å²) in [6.45, 7) is 3.21. The van der Waals surface area contributed by atoms with E-state index in [1.54, 1.807) is 19.2 Å². The smallest absolute Gasteiger partial charge is 0.303 e. The second-order valence-electron chi connectivity index (χ2n) is 10.4. The third-order valence-corrected chi connectivity index (χ3v) is 7.83. The molecule has 1 aliphatic carbocycles. The fourth-order valence-corrected chi connectivity index (χ4v) is 6.09. The van der Waals surface area contributed by atoms with Crippen LogP contribution in [0.5, 0.6) is 5.75 Å². The molecule has 0 bridgehead atoms. The Balaban J connectivity index is 1.44. The maximum absolute atomic E-state index is 13.4. The fraction of sp³-hybridized carbons (Fsp3) is 0.552. The number of para-hydroxylation sites is 1. The lowest BCUT2D eigenvalue weighted by atomic mass is 9.69. The number of aliphatic carboxylic acids is 1. The summed E-state index contributed by atoms with van der Waals surface area (Å²) in [6.07, 6.45) is 5.81. The van der Waals surface area contributed by atoms with Crippen molar-refractivity contribution >= 4 is 23.9 Å². The van der Waals surface area contributed by atoms with E-state index in [-0.39, 0.29) is 41.9 Å². The molecule has 8 heteroatoms. The summed E-state index contributed by atoms with van der Waals surface area (Å²) in [6, 6.07) is 7.23. The normalized spacial score (nSPS) is 25.6. The van der Waals surface area contributed by atoms with E-state index in [1.165, 1.54) is 4.90 Å². The lowest BCUT2D eigenvalue weighted by Gasteiger charge is -2.31. The van der Waals surface area contributed by atoms with E-state index in [0.717, 1.165) is 35.1 Å². The molecule has 4 atom stereocenters. The minimum absolute atomic E-state index is 0.1000. The molecule has 2 heterocycles. The number of carboxylic acids is 1. The predicted molar refractivity (Wildman–Crippen MR) is 138 cm³/mol. The van der Waals surface area contributed by atoms with Crippen molar-refractivity contribution in [2.24, 2.45) is 17.8 Å². The number of allylic oxidation sites excluding steroid dienone is 1. The third kappa shape index (κ3) is 5.96. The van der Waals surface area contributed by atoms with Gasteiger partial charge in [-0.15, -0.1) is 0 Å². The number of unbranched alkanes of at least 4 members (excludes halogenated alkanes) is 2. The molecule has 0 unspecified atom stereocenters. The highest BCUT2D eigenvalue weighted by Gasteiger charge is 2.56. The molecule has 1 aromatic rings. The first-order valence-corrected chi connectivity index (χ1v) is 13.2. The second kappa shape index (κ2) is 12.0. The van der Waals surface area contributed by atoms with Crippen molar-refractivity contribution < 1.29 is 34.1 Å². The first-order chi connectivity index (χ1) is 17.8. The second-order valence-corrected chi connectivity index (χ2v) is 10.4. The van der Waals surface area contributed by atoms with Crippen LogP contribution in [0, 0.1) is 17.8 Å². The van der Waals surface area contributed by atoms with Crippen molar-refractivity contribution in [2.75, 3.05) is 26.9 Å². The zero-order valence-corrected chi connectivity index (χ0v) is 21.7. The van der Waals surface area contributed by atoms with Gasteiger partial charge in [0.1, 0.15) is 5.75 Å². The van der Waals surface area contributed by atoms with E-state index >= 15 is 0 Å². The number of rotatable bonds is 12. The molecule has 2 N–H and O–H groups in total. The monoisotopic (exact) mass is 511 g/mol. The standard InChI is InChI=1S/C29H37NO7/c1-18(14-19-8-5-6-9-23(19)31)11-12-24-26-20(16-36-2)15-21-27(22(26)17-37-24)29(35)30(28(21)34)13-7-3-4-10-25(32)33/h5-6,8-9,14,21-22,24,27,31H,3-4,7,10-13,15-17H2,1-2H3,(H,32,33)/b18-14+/t21-,22+,24-,27-/m1/s1. The van der Waals surface area contributed by atoms with Crippen molar-refractivity contribution in [3.63, 3.8) is 0 Å². The molecule has 2 amide bonds. The number of aromatic hydroxyl groups is 1. The van der Waals surface area contributed by atoms with E-state index in [2.05, 4.69) is 0 Å². The van der Waals surface area contributed by atoms with Crippen LogP contribution in [0.3, 0.4) is 0 Å². The number of carboxylic acid groups (broad SMARTS) is 1.